The SMILES string of the molecule is CC1(C)CCC[C@]2(C)[C@@H]1CCC13CC(=O)[C@H](CC[C@H]12)C3. The van der Waals surface area contributed by atoms with Gasteiger partial charge in [-0.2, -0.15) is 0 Å². The number of fused-ring (bicyclic) bond motifs is 3. The van der Waals surface area contributed by atoms with Crippen LogP contribution in [0.25, 0.3) is 0 Å². The van der Waals surface area contributed by atoms with Crippen LogP contribution in [0.3, 0.4) is 0 Å². The number of hydrogen-bond acceptors (Lipinski definition) is 1. The number of ketones is 1. The molecule has 4 aliphatic carbocycles. The smallest absolute Gasteiger partial charge is 0.136 e. The van der Waals surface area contributed by atoms with Crippen LogP contribution in [0.4, 0.5) is 0 Å². The second-order valence-corrected chi connectivity index (χ2v) is 9.48. The first kappa shape index (κ1) is 13.3. The highest BCUT2D eigenvalue weighted by Crippen LogP contribution is 2.70. The summed E-state index contributed by atoms with van der Waals surface area (Å²) >= 11 is 0. The van der Waals surface area contributed by atoms with Crippen molar-refractivity contribution >= 4 is 5.78 Å². The maximum atomic E-state index is 12.3. The average molecular weight is 274 g/mol. The summed E-state index contributed by atoms with van der Waals surface area (Å²) in [4.78, 5) is 12.3. The standard InChI is InChI=1S/C19H30O/c1-17(2)8-4-9-18(3)15(17)7-10-19-11-13(14(20)12-19)5-6-16(18)19/h13,15-16H,4-12H2,1-3H3/t13-,15-,16+,18-,19?/m1/s1. The topological polar surface area (TPSA) is 17.1 Å². The Kier molecular flexibility index (Phi) is 2.60. The van der Waals surface area contributed by atoms with Crippen molar-refractivity contribution in [2.24, 2.45) is 34.0 Å². The third-order valence-corrected chi connectivity index (χ3v) is 8.18. The molecule has 0 heterocycles. The Bertz CT molecular complexity index is 451. The molecule has 4 rings (SSSR count). The summed E-state index contributed by atoms with van der Waals surface area (Å²) in [5.41, 5.74) is 1.47. The normalized spacial score (nSPS) is 53.4. The van der Waals surface area contributed by atoms with Crippen molar-refractivity contribution in [3.63, 3.8) is 0 Å². The van der Waals surface area contributed by atoms with Crippen LogP contribution in [-0.2, 0) is 4.79 Å². The third kappa shape index (κ3) is 1.53. The Hall–Kier alpha value is -0.330. The maximum Gasteiger partial charge on any atom is 0.136 e. The van der Waals surface area contributed by atoms with Crippen LogP contribution in [0.1, 0.15) is 78.6 Å². The van der Waals surface area contributed by atoms with Crippen LogP contribution in [0, 0.1) is 34.0 Å². The van der Waals surface area contributed by atoms with Gasteiger partial charge in [-0.15, -0.1) is 0 Å². The molecule has 1 unspecified atom stereocenters. The molecule has 4 saturated carbocycles. The van der Waals surface area contributed by atoms with Gasteiger partial charge in [0, 0.05) is 12.3 Å². The molecule has 1 spiro atoms. The van der Waals surface area contributed by atoms with Crippen LogP contribution < -0.4 is 0 Å². The Morgan fingerprint density at radius 1 is 0.950 bits per heavy atom. The van der Waals surface area contributed by atoms with Gasteiger partial charge in [0.15, 0.2) is 0 Å². The van der Waals surface area contributed by atoms with Gasteiger partial charge in [0.25, 0.3) is 0 Å². The van der Waals surface area contributed by atoms with E-state index < -0.39 is 0 Å². The van der Waals surface area contributed by atoms with Gasteiger partial charge in [0.2, 0.25) is 0 Å². The summed E-state index contributed by atoms with van der Waals surface area (Å²) in [7, 11) is 0. The molecule has 4 fully saturated rings. The monoisotopic (exact) mass is 274 g/mol. The van der Waals surface area contributed by atoms with Crippen molar-refractivity contribution in [3.8, 4) is 0 Å². The summed E-state index contributed by atoms with van der Waals surface area (Å²) in [5, 5.41) is 0. The molecule has 0 saturated heterocycles. The summed E-state index contributed by atoms with van der Waals surface area (Å²) in [6.07, 6.45) is 11.7. The second kappa shape index (κ2) is 3.90. The van der Waals surface area contributed by atoms with Crippen LogP contribution in [0.5, 0.6) is 0 Å². The van der Waals surface area contributed by atoms with E-state index in [1.807, 2.05) is 0 Å². The summed E-state index contributed by atoms with van der Waals surface area (Å²) in [5.74, 6) is 2.80. The number of carbonyl (C=O) groups excluding carboxylic acids is 1. The van der Waals surface area contributed by atoms with Gasteiger partial charge in [-0.05, 0) is 73.0 Å². The molecule has 5 atom stereocenters. The first-order chi connectivity index (χ1) is 9.37. The van der Waals surface area contributed by atoms with Gasteiger partial charge in [-0.1, -0.05) is 27.2 Å². The lowest BCUT2D eigenvalue weighted by molar-refractivity contribution is -0.144. The van der Waals surface area contributed by atoms with Gasteiger partial charge in [-0.3, -0.25) is 4.79 Å². The fraction of sp³-hybridized carbons (Fsp3) is 0.947. The van der Waals surface area contributed by atoms with Gasteiger partial charge in [-0.25, -0.2) is 0 Å². The van der Waals surface area contributed by atoms with E-state index >= 15 is 0 Å². The molecule has 0 amide bonds. The van der Waals surface area contributed by atoms with E-state index in [9.17, 15) is 4.79 Å². The number of Topliss-reactive ketones (excluding diaryl/α,β-unsaturated/α-hetero) is 1. The molecule has 1 nitrogen and oxygen atoms in total. The lowest BCUT2D eigenvalue weighted by Crippen LogP contribution is -2.55. The van der Waals surface area contributed by atoms with E-state index in [4.69, 9.17) is 0 Å². The average Bonchev–Trinajstić information content (AvgIpc) is 2.58. The Morgan fingerprint density at radius 2 is 1.75 bits per heavy atom. The molecular formula is C19H30O. The summed E-state index contributed by atoms with van der Waals surface area (Å²) in [6.45, 7) is 7.63. The van der Waals surface area contributed by atoms with Crippen molar-refractivity contribution in [2.45, 2.75) is 78.6 Å². The zero-order valence-electron chi connectivity index (χ0n) is 13.5. The number of carbonyl (C=O) groups is 1. The number of rotatable bonds is 0. The first-order valence-corrected chi connectivity index (χ1v) is 8.90. The third-order valence-electron chi connectivity index (χ3n) is 8.18. The minimum atomic E-state index is 0.429. The Morgan fingerprint density at radius 3 is 2.55 bits per heavy atom. The predicted octanol–water partition coefficient (Wildman–Crippen LogP) is 4.99. The molecule has 0 N–H and O–H groups in total. The van der Waals surface area contributed by atoms with Gasteiger partial charge in [0.05, 0.1) is 0 Å². The van der Waals surface area contributed by atoms with E-state index in [-0.39, 0.29) is 0 Å². The van der Waals surface area contributed by atoms with Crippen molar-refractivity contribution in [2.75, 3.05) is 0 Å². The van der Waals surface area contributed by atoms with Crippen molar-refractivity contribution in [1.82, 2.24) is 0 Å². The van der Waals surface area contributed by atoms with Crippen molar-refractivity contribution < 1.29 is 4.79 Å². The van der Waals surface area contributed by atoms with Gasteiger partial charge >= 0.3 is 0 Å². The molecule has 1 heteroatoms. The molecule has 112 valence electrons. The van der Waals surface area contributed by atoms with E-state index in [1.54, 1.807) is 0 Å². The molecule has 0 aromatic heterocycles. The molecule has 2 bridgehead atoms. The Labute approximate surface area is 123 Å². The predicted molar refractivity (Wildman–Crippen MR) is 81.4 cm³/mol. The van der Waals surface area contributed by atoms with Crippen LogP contribution >= 0.6 is 0 Å². The molecule has 4 aliphatic rings. The summed E-state index contributed by atoms with van der Waals surface area (Å²) < 4.78 is 0. The molecule has 0 aliphatic heterocycles. The molecular weight excluding hydrogens is 244 g/mol. The zero-order valence-corrected chi connectivity index (χ0v) is 13.5. The lowest BCUT2D eigenvalue weighted by Gasteiger charge is -2.63. The zero-order chi connectivity index (χ0) is 14.2. The first-order valence-electron chi connectivity index (χ1n) is 8.90. The van der Waals surface area contributed by atoms with Crippen LogP contribution in [0.15, 0.2) is 0 Å². The molecule has 0 aromatic carbocycles. The quantitative estimate of drug-likeness (QED) is 0.608. The molecule has 0 radical (unpaired) electrons. The maximum absolute atomic E-state index is 12.3. The largest absolute Gasteiger partial charge is 0.299 e. The van der Waals surface area contributed by atoms with E-state index in [0.29, 0.717) is 27.9 Å². The fourth-order valence-electron chi connectivity index (χ4n) is 7.50. The van der Waals surface area contributed by atoms with Gasteiger partial charge < -0.3 is 0 Å². The molecule has 0 aromatic rings. The molecule has 20 heavy (non-hydrogen) atoms. The van der Waals surface area contributed by atoms with E-state index in [2.05, 4.69) is 20.8 Å². The van der Waals surface area contributed by atoms with Gasteiger partial charge in [0.1, 0.15) is 5.78 Å². The second-order valence-electron chi connectivity index (χ2n) is 9.48. The number of hydrogen-bond donors (Lipinski definition) is 0. The highest BCUT2D eigenvalue weighted by atomic mass is 16.1. The highest BCUT2D eigenvalue weighted by molar-refractivity contribution is 5.84. The van der Waals surface area contributed by atoms with Crippen LogP contribution in [0.2, 0.25) is 0 Å². The van der Waals surface area contributed by atoms with Crippen molar-refractivity contribution in [3.05, 3.63) is 0 Å². The van der Waals surface area contributed by atoms with Crippen LogP contribution in [-0.4, -0.2) is 5.78 Å². The fourth-order valence-corrected chi connectivity index (χ4v) is 7.50. The minimum Gasteiger partial charge on any atom is -0.299 e. The van der Waals surface area contributed by atoms with E-state index in [1.165, 1.54) is 51.4 Å². The highest BCUT2D eigenvalue weighted by Gasteiger charge is 2.63. The van der Waals surface area contributed by atoms with E-state index in [0.717, 1.165) is 18.3 Å². The Balaban J connectivity index is 1.74. The minimum absolute atomic E-state index is 0.429. The lowest BCUT2D eigenvalue weighted by atomic mass is 9.41. The van der Waals surface area contributed by atoms with Crippen molar-refractivity contribution in [1.29, 1.82) is 0 Å². The summed E-state index contributed by atoms with van der Waals surface area (Å²) in [6, 6.07) is 0.